The molecule has 0 unspecified atom stereocenters. The van der Waals surface area contributed by atoms with Crippen LogP contribution in [0.3, 0.4) is 0 Å². The molecular formula is C16H17F3NO3P. The molecule has 0 aliphatic rings. The van der Waals surface area contributed by atoms with Crippen LogP contribution in [0.15, 0.2) is 54.6 Å². The van der Waals surface area contributed by atoms with Gasteiger partial charge in [-0.25, -0.2) is 0 Å². The topological polar surface area (TPSA) is 47.6 Å². The van der Waals surface area contributed by atoms with E-state index in [9.17, 15) is 17.7 Å². The molecule has 0 heterocycles. The summed E-state index contributed by atoms with van der Waals surface area (Å²) >= 11 is 0. The fraction of sp³-hybridized carbons (Fsp3) is 0.250. The maximum atomic E-state index is 12.8. The molecule has 0 saturated heterocycles. The summed E-state index contributed by atoms with van der Waals surface area (Å²) in [6, 6.07) is 13.2. The Kier molecular flexibility index (Phi) is 5.70. The third-order valence-electron chi connectivity index (χ3n) is 3.46. The highest BCUT2D eigenvalue weighted by Gasteiger charge is 2.36. The first-order chi connectivity index (χ1) is 11.3. The van der Waals surface area contributed by atoms with Crippen molar-refractivity contribution in [3.63, 3.8) is 0 Å². The van der Waals surface area contributed by atoms with Crippen LogP contribution in [0.4, 0.5) is 18.9 Å². The fourth-order valence-electron chi connectivity index (χ4n) is 2.18. The summed E-state index contributed by atoms with van der Waals surface area (Å²) in [7, 11) is -1.04. The van der Waals surface area contributed by atoms with Gasteiger partial charge in [-0.2, -0.15) is 13.2 Å². The summed E-state index contributed by atoms with van der Waals surface area (Å²) in [5, 5.41) is 2.94. The van der Waals surface area contributed by atoms with Crippen molar-refractivity contribution in [1.82, 2.24) is 0 Å². The van der Waals surface area contributed by atoms with E-state index >= 15 is 0 Å². The summed E-state index contributed by atoms with van der Waals surface area (Å²) in [4.78, 5) is 0. The maximum absolute atomic E-state index is 12.8. The van der Waals surface area contributed by atoms with Crippen molar-refractivity contribution in [2.75, 3.05) is 19.5 Å². The molecule has 0 saturated carbocycles. The van der Waals surface area contributed by atoms with Gasteiger partial charge in [0.15, 0.2) is 5.78 Å². The second-order valence-corrected chi connectivity index (χ2v) is 7.26. The van der Waals surface area contributed by atoms with E-state index in [2.05, 4.69) is 5.32 Å². The minimum absolute atomic E-state index is 0.367. The molecule has 0 aliphatic carbocycles. The van der Waals surface area contributed by atoms with Gasteiger partial charge >= 0.3 is 13.8 Å². The van der Waals surface area contributed by atoms with Crippen LogP contribution in [0, 0.1) is 0 Å². The molecule has 4 nitrogen and oxygen atoms in total. The highest BCUT2D eigenvalue weighted by atomic mass is 31.2. The monoisotopic (exact) mass is 359 g/mol. The number of rotatable bonds is 6. The highest BCUT2D eigenvalue weighted by molar-refractivity contribution is 7.54. The Morgan fingerprint density at radius 1 is 0.958 bits per heavy atom. The lowest BCUT2D eigenvalue weighted by molar-refractivity contribution is -0.137. The van der Waals surface area contributed by atoms with Gasteiger partial charge in [-0.05, 0) is 29.8 Å². The van der Waals surface area contributed by atoms with Crippen molar-refractivity contribution >= 4 is 13.3 Å². The van der Waals surface area contributed by atoms with Gasteiger partial charge in [0.05, 0.1) is 5.56 Å². The van der Waals surface area contributed by atoms with Crippen molar-refractivity contribution in [2.45, 2.75) is 12.0 Å². The summed E-state index contributed by atoms with van der Waals surface area (Å²) in [5.74, 6) is -0.856. The van der Waals surface area contributed by atoms with Gasteiger partial charge < -0.3 is 14.4 Å². The largest absolute Gasteiger partial charge is 0.416 e. The Morgan fingerprint density at radius 3 is 1.96 bits per heavy atom. The van der Waals surface area contributed by atoms with E-state index < -0.39 is 25.1 Å². The highest BCUT2D eigenvalue weighted by Crippen LogP contribution is 2.59. The average Bonchev–Trinajstić information content (AvgIpc) is 2.59. The lowest BCUT2D eigenvalue weighted by atomic mass is 10.2. The first kappa shape index (κ1) is 18.5. The molecular weight excluding hydrogens is 342 g/mol. The molecule has 2 aromatic rings. The van der Waals surface area contributed by atoms with E-state index in [-0.39, 0.29) is 0 Å². The lowest BCUT2D eigenvalue weighted by Crippen LogP contribution is -2.14. The Morgan fingerprint density at radius 2 is 1.50 bits per heavy atom. The van der Waals surface area contributed by atoms with E-state index in [0.717, 1.165) is 12.1 Å². The maximum Gasteiger partial charge on any atom is 0.416 e. The number of benzene rings is 2. The Bertz CT molecular complexity index is 697. The van der Waals surface area contributed by atoms with Crippen LogP contribution in [-0.4, -0.2) is 14.2 Å². The van der Waals surface area contributed by atoms with E-state index in [0.29, 0.717) is 11.3 Å². The summed E-state index contributed by atoms with van der Waals surface area (Å²) in [5.41, 5.74) is 0.238. The number of halogens is 3. The second-order valence-electron chi connectivity index (χ2n) is 4.94. The molecule has 0 radical (unpaired) electrons. The minimum atomic E-state index is -4.41. The SMILES string of the molecule is COP(=O)(OC)[C@@H](Nc1ccc(C(F)(F)F)cc1)c1ccccc1. The van der Waals surface area contributed by atoms with Crippen LogP contribution < -0.4 is 5.32 Å². The Balaban J connectivity index is 2.34. The van der Waals surface area contributed by atoms with Crippen LogP contribution in [0.2, 0.25) is 0 Å². The zero-order valence-electron chi connectivity index (χ0n) is 13.1. The molecule has 0 amide bonds. The third-order valence-corrected chi connectivity index (χ3v) is 5.53. The molecule has 0 spiro atoms. The van der Waals surface area contributed by atoms with Crippen molar-refractivity contribution in [3.05, 3.63) is 65.7 Å². The predicted octanol–water partition coefficient (Wildman–Crippen LogP) is 5.30. The van der Waals surface area contributed by atoms with Gasteiger partial charge in [-0.1, -0.05) is 30.3 Å². The van der Waals surface area contributed by atoms with Gasteiger partial charge in [0.25, 0.3) is 0 Å². The van der Waals surface area contributed by atoms with Gasteiger partial charge in [0, 0.05) is 19.9 Å². The number of anilines is 1. The number of hydrogen-bond donors (Lipinski definition) is 1. The molecule has 0 aromatic heterocycles. The molecule has 8 heteroatoms. The van der Waals surface area contributed by atoms with Crippen LogP contribution in [0.5, 0.6) is 0 Å². The van der Waals surface area contributed by atoms with Crippen molar-refractivity contribution < 1.29 is 26.8 Å². The second kappa shape index (κ2) is 7.38. The standard InChI is InChI=1S/C16H17F3NO3P/c1-22-24(21,23-2)15(12-6-4-3-5-7-12)20-14-10-8-13(9-11-14)16(17,18)19/h3-11,15,20H,1-2H3/t15-/m1/s1. The van der Waals surface area contributed by atoms with Crippen LogP contribution >= 0.6 is 7.60 Å². The smallest absolute Gasteiger partial charge is 0.368 e. The Hall–Kier alpha value is -1.82. The molecule has 1 atom stereocenters. The van der Waals surface area contributed by atoms with Gasteiger partial charge in [-0.15, -0.1) is 0 Å². The van der Waals surface area contributed by atoms with E-state index in [1.807, 2.05) is 0 Å². The quantitative estimate of drug-likeness (QED) is 0.711. The van der Waals surface area contributed by atoms with Crippen LogP contribution in [-0.2, 0) is 19.8 Å². The lowest BCUT2D eigenvalue weighted by Gasteiger charge is -2.26. The fourth-order valence-corrected chi connectivity index (χ4v) is 3.59. The van der Waals surface area contributed by atoms with Gasteiger partial charge in [0.1, 0.15) is 0 Å². The molecule has 0 fully saturated rings. The van der Waals surface area contributed by atoms with Crippen molar-refractivity contribution in [3.8, 4) is 0 Å². The molecule has 0 aliphatic heterocycles. The third kappa shape index (κ3) is 4.17. The number of alkyl halides is 3. The molecule has 130 valence electrons. The zero-order valence-corrected chi connectivity index (χ0v) is 14.0. The summed E-state index contributed by atoms with van der Waals surface area (Å²) in [6.07, 6.45) is -4.41. The minimum Gasteiger partial charge on any atom is -0.368 e. The Labute approximate surface area is 138 Å². The van der Waals surface area contributed by atoms with E-state index in [1.165, 1.54) is 26.4 Å². The van der Waals surface area contributed by atoms with Crippen molar-refractivity contribution in [1.29, 1.82) is 0 Å². The molecule has 24 heavy (non-hydrogen) atoms. The van der Waals surface area contributed by atoms with Crippen LogP contribution in [0.1, 0.15) is 16.9 Å². The van der Waals surface area contributed by atoms with Gasteiger partial charge in [0.2, 0.25) is 0 Å². The van der Waals surface area contributed by atoms with Crippen LogP contribution in [0.25, 0.3) is 0 Å². The number of nitrogens with one attached hydrogen (secondary N) is 1. The normalized spacial score (nSPS) is 13.5. The van der Waals surface area contributed by atoms with E-state index in [1.54, 1.807) is 30.3 Å². The van der Waals surface area contributed by atoms with Gasteiger partial charge in [-0.3, -0.25) is 4.57 Å². The number of hydrogen-bond acceptors (Lipinski definition) is 4. The molecule has 1 N–H and O–H groups in total. The summed E-state index contributed by atoms with van der Waals surface area (Å²) < 4.78 is 60.8. The molecule has 2 rings (SSSR count). The molecule has 0 bridgehead atoms. The van der Waals surface area contributed by atoms with E-state index in [4.69, 9.17) is 9.05 Å². The molecule has 2 aromatic carbocycles. The summed E-state index contributed by atoms with van der Waals surface area (Å²) in [6.45, 7) is 0. The first-order valence-corrected chi connectivity index (χ1v) is 8.61. The van der Waals surface area contributed by atoms with Crippen molar-refractivity contribution in [2.24, 2.45) is 0 Å². The predicted molar refractivity (Wildman–Crippen MR) is 85.9 cm³/mol. The zero-order chi connectivity index (χ0) is 17.8. The average molecular weight is 359 g/mol. The first-order valence-electron chi connectivity index (χ1n) is 7.00.